The van der Waals surface area contributed by atoms with Crippen molar-refractivity contribution in [1.29, 1.82) is 0 Å². The van der Waals surface area contributed by atoms with Gasteiger partial charge in [-0.3, -0.25) is 14.9 Å². The highest BCUT2D eigenvalue weighted by molar-refractivity contribution is 5.15. The molecule has 0 radical (unpaired) electrons. The Labute approximate surface area is 130 Å². The molecule has 3 heterocycles. The van der Waals surface area contributed by atoms with Gasteiger partial charge in [-0.05, 0) is 30.2 Å². The smallest absolute Gasteiger partial charge is 0.137 e. The lowest BCUT2D eigenvalue weighted by Crippen LogP contribution is -2.34. The van der Waals surface area contributed by atoms with E-state index < -0.39 is 0 Å². The number of pyridine rings is 2. The van der Waals surface area contributed by atoms with Gasteiger partial charge in [-0.1, -0.05) is 6.07 Å². The molecule has 0 N–H and O–H groups in total. The van der Waals surface area contributed by atoms with Crippen molar-refractivity contribution >= 4 is 0 Å². The molecule has 116 valence electrons. The van der Waals surface area contributed by atoms with Crippen molar-refractivity contribution in [1.82, 2.24) is 14.9 Å². The Balaban J connectivity index is 1.62. The molecule has 0 bridgehead atoms. The summed E-state index contributed by atoms with van der Waals surface area (Å²) in [5.74, 6) is 0.810. The van der Waals surface area contributed by atoms with Gasteiger partial charge in [-0.2, -0.15) is 0 Å². The topological polar surface area (TPSA) is 47.5 Å². The van der Waals surface area contributed by atoms with E-state index in [9.17, 15) is 0 Å². The molecule has 5 nitrogen and oxygen atoms in total. The van der Waals surface area contributed by atoms with Crippen LogP contribution in [0.5, 0.6) is 5.75 Å². The van der Waals surface area contributed by atoms with Crippen molar-refractivity contribution in [2.45, 2.75) is 25.1 Å². The zero-order valence-corrected chi connectivity index (χ0v) is 12.8. The summed E-state index contributed by atoms with van der Waals surface area (Å²) in [5.41, 5.74) is 1.21. The van der Waals surface area contributed by atoms with Gasteiger partial charge in [0.1, 0.15) is 12.4 Å². The SMILES string of the molecule is CO[C@@H]1C[C@@H](COc2cccnc2)N(Cc2cccnc2)C1. The minimum absolute atomic E-state index is 0.263. The average molecular weight is 299 g/mol. The van der Waals surface area contributed by atoms with Crippen molar-refractivity contribution in [3.8, 4) is 5.75 Å². The Kier molecular flexibility index (Phi) is 4.98. The third-order valence-electron chi connectivity index (χ3n) is 4.01. The number of rotatable bonds is 6. The average Bonchev–Trinajstić information content (AvgIpc) is 2.97. The van der Waals surface area contributed by atoms with Crippen LogP contribution < -0.4 is 4.74 Å². The maximum absolute atomic E-state index is 5.88. The van der Waals surface area contributed by atoms with Gasteiger partial charge in [-0.15, -0.1) is 0 Å². The highest BCUT2D eigenvalue weighted by Crippen LogP contribution is 2.23. The van der Waals surface area contributed by atoms with Gasteiger partial charge in [0.15, 0.2) is 0 Å². The van der Waals surface area contributed by atoms with E-state index in [-0.39, 0.29) is 6.10 Å². The zero-order valence-electron chi connectivity index (χ0n) is 12.8. The monoisotopic (exact) mass is 299 g/mol. The van der Waals surface area contributed by atoms with E-state index in [1.807, 2.05) is 24.4 Å². The molecule has 2 aromatic heterocycles. The van der Waals surface area contributed by atoms with Crippen molar-refractivity contribution < 1.29 is 9.47 Å². The molecule has 0 unspecified atom stereocenters. The first-order chi connectivity index (χ1) is 10.8. The fraction of sp³-hybridized carbons (Fsp3) is 0.412. The highest BCUT2D eigenvalue weighted by atomic mass is 16.5. The van der Waals surface area contributed by atoms with Crippen LogP contribution in [0.15, 0.2) is 49.1 Å². The minimum Gasteiger partial charge on any atom is -0.490 e. The number of methoxy groups -OCH3 is 1. The molecule has 2 atom stereocenters. The summed E-state index contributed by atoms with van der Waals surface area (Å²) in [7, 11) is 1.78. The largest absolute Gasteiger partial charge is 0.490 e. The van der Waals surface area contributed by atoms with Crippen molar-refractivity contribution in [3.63, 3.8) is 0 Å². The van der Waals surface area contributed by atoms with E-state index in [1.165, 1.54) is 5.56 Å². The van der Waals surface area contributed by atoms with E-state index in [4.69, 9.17) is 9.47 Å². The van der Waals surface area contributed by atoms with Crippen molar-refractivity contribution in [3.05, 3.63) is 54.6 Å². The molecule has 0 amide bonds. The Morgan fingerprint density at radius 3 is 2.68 bits per heavy atom. The third kappa shape index (κ3) is 3.81. The Morgan fingerprint density at radius 2 is 2.00 bits per heavy atom. The van der Waals surface area contributed by atoms with Gasteiger partial charge in [-0.25, -0.2) is 0 Å². The van der Waals surface area contributed by atoms with Gasteiger partial charge in [0.25, 0.3) is 0 Å². The van der Waals surface area contributed by atoms with Crippen LogP contribution in [0.2, 0.25) is 0 Å². The van der Waals surface area contributed by atoms with E-state index in [0.717, 1.165) is 25.3 Å². The number of likely N-dealkylation sites (tertiary alicyclic amines) is 1. The second-order valence-electron chi connectivity index (χ2n) is 5.54. The molecule has 1 fully saturated rings. The highest BCUT2D eigenvalue weighted by Gasteiger charge is 2.32. The first kappa shape index (κ1) is 14.9. The molecule has 1 aliphatic heterocycles. The molecule has 5 heteroatoms. The molecule has 3 rings (SSSR count). The second kappa shape index (κ2) is 7.33. The molecule has 1 saturated heterocycles. The number of ether oxygens (including phenoxy) is 2. The lowest BCUT2D eigenvalue weighted by Gasteiger charge is -2.24. The van der Waals surface area contributed by atoms with Gasteiger partial charge < -0.3 is 9.47 Å². The van der Waals surface area contributed by atoms with E-state index >= 15 is 0 Å². The van der Waals surface area contributed by atoms with E-state index in [1.54, 1.807) is 25.7 Å². The predicted octanol–water partition coefficient (Wildman–Crippen LogP) is 2.14. The first-order valence-electron chi connectivity index (χ1n) is 7.53. The predicted molar refractivity (Wildman–Crippen MR) is 83.6 cm³/mol. The molecule has 22 heavy (non-hydrogen) atoms. The second-order valence-corrected chi connectivity index (χ2v) is 5.54. The van der Waals surface area contributed by atoms with Crippen LogP contribution in [0.4, 0.5) is 0 Å². The normalized spacial score (nSPS) is 21.9. The summed E-state index contributed by atoms with van der Waals surface area (Å²) in [6.07, 6.45) is 8.45. The Hall–Kier alpha value is -1.98. The van der Waals surface area contributed by atoms with Crippen LogP contribution in [0.25, 0.3) is 0 Å². The lowest BCUT2D eigenvalue weighted by atomic mass is 10.2. The summed E-state index contributed by atoms with van der Waals surface area (Å²) in [6, 6.07) is 8.23. The summed E-state index contributed by atoms with van der Waals surface area (Å²) in [4.78, 5) is 10.7. The van der Waals surface area contributed by atoms with Gasteiger partial charge >= 0.3 is 0 Å². The summed E-state index contributed by atoms with van der Waals surface area (Å²) in [6.45, 7) is 2.44. The lowest BCUT2D eigenvalue weighted by molar-refractivity contribution is 0.107. The third-order valence-corrected chi connectivity index (χ3v) is 4.01. The fourth-order valence-electron chi connectivity index (χ4n) is 2.83. The van der Waals surface area contributed by atoms with Crippen LogP contribution in [-0.2, 0) is 11.3 Å². The molecule has 0 spiro atoms. The van der Waals surface area contributed by atoms with Crippen LogP contribution in [-0.4, -0.2) is 47.3 Å². The maximum Gasteiger partial charge on any atom is 0.137 e. The molecular weight excluding hydrogens is 278 g/mol. The van der Waals surface area contributed by atoms with Crippen LogP contribution >= 0.6 is 0 Å². The molecule has 0 saturated carbocycles. The van der Waals surface area contributed by atoms with Crippen LogP contribution in [0.1, 0.15) is 12.0 Å². The molecule has 0 aliphatic carbocycles. The first-order valence-corrected chi connectivity index (χ1v) is 7.53. The molecule has 0 aromatic carbocycles. The number of aromatic nitrogens is 2. The summed E-state index contributed by atoms with van der Waals surface area (Å²) in [5, 5.41) is 0. The quantitative estimate of drug-likeness (QED) is 0.818. The summed E-state index contributed by atoms with van der Waals surface area (Å²) < 4.78 is 11.4. The standard InChI is InChI=1S/C17H21N3O2/c1-21-17-8-15(13-22-16-5-3-7-19-10-16)20(12-17)11-14-4-2-6-18-9-14/h2-7,9-10,15,17H,8,11-13H2,1H3/t15-,17+/m0/s1. The van der Waals surface area contributed by atoms with E-state index in [2.05, 4.69) is 20.9 Å². The molecule has 1 aliphatic rings. The Morgan fingerprint density at radius 1 is 1.18 bits per heavy atom. The number of nitrogens with zero attached hydrogens (tertiary/aromatic N) is 3. The maximum atomic E-state index is 5.88. The number of hydrogen-bond donors (Lipinski definition) is 0. The molecular formula is C17H21N3O2. The van der Waals surface area contributed by atoms with Crippen molar-refractivity contribution in [2.24, 2.45) is 0 Å². The van der Waals surface area contributed by atoms with Gasteiger partial charge in [0.2, 0.25) is 0 Å². The van der Waals surface area contributed by atoms with Crippen molar-refractivity contribution in [2.75, 3.05) is 20.3 Å². The van der Waals surface area contributed by atoms with Gasteiger partial charge in [0, 0.05) is 44.8 Å². The fourth-order valence-corrected chi connectivity index (χ4v) is 2.83. The van der Waals surface area contributed by atoms with Crippen LogP contribution in [0.3, 0.4) is 0 Å². The zero-order chi connectivity index (χ0) is 15.2. The van der Waals surface area contributed by atoms with E-state index in [0.29, 0.717) is 12.6 Å². The molecule has 2 aromatic rings. The Bertz CT molecular complexity index is 565. The van der Waals surface area contributed by atoms with Crippen LogP contribution in [0, 0.1) is 0 Å². The minimum atomic E-state index is 0.263. The van der Waals surface area contributed by atoms with Gasteiger partial charge in [0.05, 0.1) is 12.3 Å². The summed E-state index contributed by atoms with van der Waals surface area (Å²) >= 11 is 0. The number of hydrogen-bond acceptors (Lipinski definition) is 5.